The smallest absolute Gasteiger partial charge is 0.234 e. The second-order valence-electron chi connectivity index (χ2n) is 6.71. The maximum absolute atomic E-state index is 11.9. The molecule has 1 amide bonds. The summed E-state index contributed by atoms with van der Waals surface area (Å²) in [6, 6.07) is 0. The summed E-state index contributed by atoms with van der Waals surface area (Å²) in [7, 11) is 1.62. The molecule has 1 aliphatic rings. The van der Waals surface area contributed by atoms with Crippen LogP contribution >= 0.6 is 24.0 Å². The highest BCUT2D eigenvalue weighted by Crippen LogP contribution is 2.15. The summed E-state index contributed by atoms with van der Waals surface area (Å²) < 4.78 is 4.94. The number of aliphatic hydroxyl groups is 1. The second kappa shape index (κ2) is 14.4. The summed E-state index contributed by atoms with van der Waals surface area (Å²) in [5.74, 6) is 0.879. The van der Waals surface area contributed by atoms with Gasteiger partial charge in [0.05, 0.1) is 25.3 Å². The van der Waals surface area contributed by atoms with Gasteiger partial charge in [-0.1, -0.05) is 13.8 Å². The third-order valence-corrected chi connectivity index (χ3v) is 4.84. The molecular weight excluding hydrogens is 461 g/mol. The molecule has 1 fully saturated rings. The topological polar surface area (TPSA) is 89.4 Å². The molecule has 0 bridgehead atoms. The minimum absolute atomic E-state index is 0. The Morgan fingerprint density at radius 1 is 1.15 bits per heavy atom. The van der Waals surface area contributed by atoms with E-state index in [2.05, 4.69) is 25.4 Å². The van der Waals surface area contributed by atoms with Crippen LogP contribution in [-0.2, 0) is 9.53 Å². The van der Waals surface area contributed by atoms with Crippen molar-refractivity contribution in [2.75, 3.05) is 66.1 Å². The molecule has 0 aromatic heterocycles. The number of hydrogen-bond donors (Lipinski definition) is 3. The Balaban J connectivity index is 0.00000676. The van der Waals surface area contributed by atoms with Gasteiger partial charge >= 0.3 is 0 Å². The number of nitrogens with zero attached hydrogens (tertiary/aromatic N) is 3. The number of hydrogen-bond acceptors (Lipinski definition) is 5. The van der Waals surface area contributed by atoms with Crippen LogP contribution < -0.4 is 10.6 Å². The number of rotatable bonds is 10. The first-order chi connectivity index (χ1) is 12.5. The predicted octanol–water partition coefficient (Wildman–Crippen LogP) is 0.501. The number of carbonyl (C=O) groups excluding carboxylic acids is 1. The Morgan fingerprint density at radius 3 is 2.30 bits per heavy atom. The van der Waals surface area contributed by atoms with Gasteiger partial charge in [-0.3, -0.25) is 14.7 Å². The van der Waals surface area contributed by atoms with Crippen LogP contribution in [0.2, 0.25) is 0 Å². The number of amides is 1. The lowest BCUT2D eigenvalue weighted by Crippen LogP contribution is -2.54. The van der Waals surface area contributed by atoms with E-state index in [4.69, 9.17) is 4.74 Å². The Morgan fingerprint density at radius 2 is 1.78 bits per heavy atom. The average molecular weight is 499 g/mol. The largest absolute Gasteiger partial charge is 0.388 e. The molecule has 0 saturated carbocycles. The fraction of sp³-hybridized carbons (Fsp3) is 0.889. The maximum Gasteiger partial charge on any atom is 0.234 e. The van der Waals surface area contributed by atoms with Gasteiger partial charge < -0.3 is 25.4 Å². The van der Waals surface area contributed by atoms with Gasteiger partial charge in [0.25, 0.3) is 0 Å². The number of ether oxygens (including phenoxy) is 1. The highest BCUT2D eigenvalue weighted by atomic mass is 127. The van der Waals surface area contributed by atoms with Gasteiger partial charge in [-0.25, -0.2) is 0 Å². The summed E-state index contributed by atoms with van der Waals surface area (Å²) >= 11 is 0. The third-order valence-electron chi connectivity index (χ3n) is 4.84. The fourth-order valence-corrected chi connectivity index (χ4v) is 2.79. The Labute approximate surface area is 181 Å². The molecule has 1 rings (SSSR count). The van der Waals surface area contributed by atoms with Gasteiger partial charge in [0.1, 0.15) is 0 Å². The minimum atomic E-state index is -0.733. The van der Waals surface area contributed by atoms with Gasteiger partial charge in [0.15, 0.2) is 5.96 Å². The number of guanidine groups is 1. The molecule has 1 heterocycles. The molecule has 9 heteroatoms. The summed E-state index contributed by atoms with van der Waals surface area (Å²) in [4.78, 5) is 20.9. The predicted molar refractivity (Wildman–Crippen MR) is 120 cm³/mol. The van der Waals surface area contributed by atoms with Gasteiger partial charge in [0, 0.05) is 46.4 Å². The van der Waals surface area contributed by atoms with Crippen LogP contribution in [0.5, 0.6) is 0 Å². The van der Waals surface area contributed by atoms with Crippen molar-refractivity contribution in [3.8, 4) is 0 Å². The molecule has 3 N–H and O–H groups in total. The van der Waals surface area contributed by atoms with E-state index in [-0.39, 0.29) is 29.9 Å². The summed E-state index contributed by atoms with van der Waals surface area (Å²) in [6.07, 6.45) is 1.39. The summed E-state index contributed by atoms with van der Waals surface area (Å²) in [5.41, 5.74) is -0.733. The van der Waals surface area contributed by atoms with Crippen molar-refractivity contribution in [2.45, 2.75) is 39.2 Å². The van der Waals surface area contributed by atoms with Crippen molar-refractivity contribution in [1.29, 1.82) is 0 Å². The van der Waals surface area contributed by atoms with Gasteiger partial charge in [-0.2, -0.15) is 0 Å². The SMILES string of the molecule is CCNC(=NCC(O)(CC)CC)N1CCN(CC(=O)NCCOC)CC1.I. The first-order valence-electron chi connectivity index (χ1n) is 9.71. The fourth-order valence-electron chi connectivity index (χ4n) is 2.79. The third kappa shape index (κ3) is 9.91. The number of piperazine rings is 1. The molecule has 27 heavy (non-hydrogen) atoms. The molecule has 160 valence electrons. The van der Waals surface area contributed by atoms with Crippen LogP contribution in [0.3, 0.4) is 0 Å². The number of aliphatic imine (C=N–C) groups is 1. The van der Waals surface area contributed by atoms with Crippen molar-refractivity contribution >= 4 is 35.8 Å². The highest BCUT2D eigenvalue weighted by Gasteiger charge is 2.24. The lowest BCUT2D eigenvalue weighted by atomic mass is 9.98. The molecule has 0 aliphatic carbocycles. The van der Waals surface area contributed by atoms with Crippen molar-refractivity contribution in [3.05, 3.63) is 0 Å². The molecule has 1 aliphatic heterocycles. The van der Waals surface area contributed by atoms with Crippen LogP contribution in [0.1, 0.15) is 33.6 Å². The maximum atomic E-state index is 11.9. The summed E-state index contributed by atoms with van der Waals surface area (Å²) in [6.45, 7) is 12.0. The molecule has 0 spiro atoms. The summed E-state index contributed by atoms with van der Waals surface area (Å²) in [5, 5.41) is 16.6. The molecule has 0 radical (unpaired) electrons. The Bertz CT molecular complexity index is 439. The Kier molecular flexibility index (Phi) is 14.0. The number of carbonyl (C=O) groups is 1. The van der Waals surface area contributed by atoms with Gasteiger partial charge in [-0.15, -0.1) is 24.0 Å². The molecule has 8 nitrogen and oxygen atoms in total. The number of halogens is 1. The normalized spacial score (nSPS) is 16.0. The van der Waals surface area contributed by atoms with Crippen molar-refractivity contribution < 1.29 is 14.6 Å². The van der Waals surface area contributed by atoms with Crippen molar-refractivity contribution in [1.82, 2.24) is 20.4 Å². The number of methoxy groups -OCH3 is 1. The minimum Gasteiger partial charge on any atom is -0.388 e. The number of nitrogens with one attached hydrogen (secondary N) is 2. The molecular formula is C18H38IN5O3. The van der Waals surface area contributed by atoms with E-state index in [1.54, 1.807) is 7.11 Å². The molecule has 1 saturated heterocycles. The standard InChI is InChI=1S/C18H37N5O3.HI/c1-5-18(25,6-2)15-21-17(19-7-3)23-11-9-22(10-12-23)14-16(24)20-8-13-26-4;/h25H,5-15H2,1-4H3,(H,19,21)(H,20,24);1H. The van der Waals surface area contributed by atoms with Crippen LogP contribution in [-0.4, -0.2) is 98.4 Å². The van der Waals surface area contributed by atoms with E-state index in [9.17, 15) is 9.90 Å². The average Bonchev–Trinajstić information content (AvgIpc) is 2.66. The first-order valence-corrected chi connectivity index (χ1v) is 9.71. The highest BCUT2D eigenvalue weighted by molar-refractivity contribution is 14.0. The van der Waals surface area contributed by atoms with Crippen LogP contribution in [0.4, 0.5) is 0 Å². The quantitative estimate of drug-likeness (QED) is 0.176. The zero-order valence-electron chi connectivity index (χ0n) is 17.3. The Hall–Kier alpha value is -0.650. The van der Waals surface area contributed by atoms with E-state index >= 15 is 0 Å². The second-order valence-corrected chi connectivity index (χ2v) is 6.71. The molecule has 0 atom stereocenters. The van der Waals surface area contributed by atoms with E-state index in [0.717, 1.165) is 38.7 Å². The molecule has 0 aromatic rings. The van der Waals surface area contributed by atoms with E-state index in [1.807, 2.05) is 20.8 Å². The lowest BCUT2D eigenvalue weighted by Gasteiger charge is -2.36. The van der Waals surface area contributed by atoms with E-state index in [0.29, 0.717) is 39.1 Å². The molecule has 0 unspecified atom stereocenters. The zero-order valence-corrected chi connectivity index (χ0v) is 19.6. The van der Waals surface area contributed by atoms with Crippen LogP contribution in [0.25, 0.3) is 0 Å². The van der Waals surface area contributed by atoms with Gasteiger partial charge in [0.2, 0.25) is 5.91 Å². The zero-order chi connectivity index (χ0) is 19.4. The van der Waals surface area contributed by atoms with Crippen molar-refractivity contribution in [2.24, 2.45) is 4.99 Å². The van der Waals surface area contributed by atoms with E-state index < -0.39 is 5.60 Å². The molecule has 0 aromatic carbocycles. The first kappa shape index (κ1) is 26.4. The van der Waals surface area contributed by atoms with Crippen molar-refractivity contribution in [3.63, 3.8) is 0 Å². The van der Waals surface area contributed by atoms with E-state index in [1.165, 1.54) is 0 Å². The lowest BCUT2D eigenvalue weighted by molar-refractivity contribution is -0.122. The van der Waals surface area contributed by atoms with Gasteiger partial charge in [-0.05, 0) is 19.8 Å². The van der Waals surface area contributed by atoms with Crippen LogP contribution in [0, 0.1) is 0 Å². The monoisotopic (exact) mass is 499 g/mol. The van der Waals surface area contributed by atoms with Crippen LogP contribution in [0.15, 0.2) is 4.99 Å².